The molecule has 4 rings (SSSR count). The Labute approximate surface area is 164 Å². The maximum Gasteiger partial charge on any atom is 0.326 e. The van der Waals surface area contributed by atoms with Gasteiger partial charge in [0.15, 0.2) is 5.82 Å². The highest BCUT2D eigenvalue weighted by Gasteiger charge is 2.39. The first kappa shape index (κ1) is 19.4. The lowest BCUT2D eigenvalue weighted by Crippen LogP contribution is -2.31. The monoisotopic (exact) mass is 411 g/mol. The van der Waals surface area contributed by atoms with E-state index in [2.05, 4.69) is 4.90 Å². The molecule has 9 heteroatoms. The highest BCUT2D eigenvalue weighted by Crippen LogP contribution is 2.43. The number of hydrogen-bond donors (Lipinski definition) is 2. The quantitative estimate of drug-likeness (QED) is 0.790. The maximum atomic E-state index is 14.6. The molecule has 1 saturated carbocycles. The summed E-state index contributed by atoms with van der Waals surface area (Å²) in [5.74, 6) is -2.07. The fraction of sp³-hybridized carbons (Fsp3) is 0.632. The number of nitrogens with zero attached hydrogens (tertiary/aromatic N) is 2. The van der Waals surface area contributed by atoms with Gasteiger partial charge < -0.3 is 10.0 Å². The Morgan fingerprint density at radius 1 is 1.18 bits per heavy atom. The Kier molecular flexibility index (Phi) is 4.99. The minimum atomic E-state index is -4.16. The van der Waals surface area contributed by atoms with Crippen LogP contribution in [-0.4, -0.2) is 50.5 Å². The highest BCUT2D eigenvalue weighted by atomic mass is 32.2. The Bertz CT molecular complexity index is 860. The molecule has 1 aliphatic carbocycles. The lowest BCUT2D eigenvalue weighted by Gasteiger charge is -2.33. The van der Waals surface area contributed by atoms with Gasteiger partial charge >= 0.3 is 10.2 Å². The van der Waals surface area contributed by atoms with E-state index in [0.29, 0.717) is 21.7 Å². The second kappa shape index (κ2) is 7.18. The molecule has 3 fully saturated rings. The average Bonchev–Trinajstić information content (AvgIpc) is 3.13. The van der Waals surface area contributed by atoms with Gasteiger partial charge in [0.05, 0.1) is 0 Å². The van der Waals surface area contributed by atoms with Crippen molar-refractivity contribution in [3.05, 3.63) is 23.5 Å². The van der Waals surface area contributed by atoms with Crippen molar-refractivity contribution in [3.8, 4) is 5.75 Å². The summed E-state index contributed by atoms with van der Waals surface area (Å²) in [5.41, 5.74) is 0.586. The van der Waals surface area contributed by atoms with Crippen molar-refractivity contribution >= 4 is 21.8 Å². The summed E-state index contributed by atoms with van der Waals surface area (Å²) in [5, 5.41) is 10.2. The van der Waals surface area contributed by atoms with Crippen molar-refractivity contribution in [3.63, 3.8) is 0 Å². The van der Waals surface area contributed by atoms with Gasteiger partial charge in [-0.25, -0.2) is 13.4 Å². The minimum absolute atomic E-state index is 0.457. The van der Waals surface area contributed by atoms with Crippen LogP contribution in [0.15, 0.2) is 12.1 Å². The number of nitrogens with one attached hydrogen (secondary N) is 1. The summed E-state index contributed by atoms with van der Waals surface area (Å²) < 4.78 is 40.8. The summed E-state index contributed by atoms with van der Waals surface area (Å²) in [7, 11) is -4.16. The number of rotatable bonds is 4. The number of halogens is 1. The standard InChI is InChI=1S/C19H26FN3O4S/c20-15-10-14(4-8-22-9-7-19(13-22)5-2-1-3-6-19)11-16(24)18(15)23-12-17(25)21-28(23,26)27/h10-11,24H,1-9,12-13H2,(H,21,25). The molecule has 1 aromatic carbocycles. The molecule has 154 valence electrons. The van der Waals surface area contributed by atoms with E-state index >= 15 is 0 Å². The summed E-state index contributed by atoms with van der Waals surface area (Å²) >= 11 is 0. The first-order valence-corrected chi connectivity index (χ1v) is 11.3. The molecule has 2 saturated heterocycles. The fourth-order valence-electron chi connectivity index (χ4n) is 4.89. The third-order valence-electron chi connectivity index (χ3n) is 6.32. The first-order chi connectivity index (χ1) is 13.3. The van der Waals surface area contributed by atoms with E-state index in [4.69, 9.17) is 0 Å². The molecule has 2 N–H and O–H groups in total. The van der Waals surface area contributed by atoms with Crippen LogP contribution in [-0.2, 0) is 21.4 Å². The highest BCUT2D eigenvalue weighted by molar-refractivity contribution is 7.92. The number of phenols is 1. The van der Waals surface area contributed by atoms with Gasteiger partial charge in [-0.2, -0.15) is 8.42 Å². The Morgan fingerprint density at radius 3 is 2.57 bits per heavy atom. The number of carbonyl (C=O) groups is 1. The fourth-order valence-corrected chi connectivity index (χ4v) is 6.06. The number of likely N-dealkylation sites (tertiary alicyclic amines) is 1. The smallest absolute Gasteiger partial charge is 0.326 e. The van der Waals surface area contributed by atoms with Crippen LogP contribution in [0.2, 0.25) is 0 Å². The van der Waals surface area contributed by atoms with Gasteiger partial charge in [-0.1, -0.05) is 19.3 Å². The van der Waals surface area contributed by atoms with Crippen molar-refractivity contribution in [2.75, 3.05) is 30.5 Å². The van der Waals surface area contributed by atoms with Crippen LogP contribution in [0.1, 0.15) is 44.1 Å². The van der Waals surface area contributed by atoms with Crippen LogP contribution in [0.5, 0.6) is 5.75 Å². The molecule has 0 aromatic heterocycles. The van der Waals surface area contributed by atoms with Crippen LogP contribution in [0.25, 0.3) is 0 Å². The van der Waals surface area contributed by atoms with E-state index in [-0.39, 0.29) is 0 Å². The normalized spacial score (nSPS) is 24.0. The average molecular weight is 411 g/mol. The summed E-state index contributed by atoms with van der Waals surface area (Å²) in [4.78, 5) is 13.8. The topological polar surface area (TPSA) is 90.0 Å². The summed E-state index contributed by atoms with van der Waals surface area (Å²) in [6.45, 7) is 2.37. The van der Waals surface area contributed by atoms with E-state index in [0.717, 1.165) is 19.6 Å². The second-order valence-corrected chi connectivity index (χ2v) is 9.91. The first-order valence-electron chi connectivity index (χ1n) is 9.85. The molecule has 3 aliphatic rings. The lowest BCUT2D eigenvalue weighted by atomic mass is 9.73. The number of phenolic OH excluding ortho intramolecular Hbond substituents is 1. The molecule has 0 unspecified atom stereocenters. The number of anilines is 1. The molecular formula is C19H26FN3O4S. The lowest BCUT2D eigenvalue weighted by molar-refractivity contribution is -0.117. The molecule has 1 spiro atoms. The molecular weight excluding hydrogens is 385 g/mol. The van der Waals surface area contributed by atoms with Gasteiger partial charge in [-0.15, -0.1) is 0 Å². The van der Waals surface area contributed by atoms with E-state index < -0.39 is 39.9 Å². The van der Waals surface area contributed by atoms with Crippen LogP contribution in [0.4, 0.5) is 10.1 Å². The van der Waals surface area contributed by atoms with Crippen molar-refractivity contribution in [2.45, 2.75) is 44.9 Å². The number of hydrogen-bond acceptors (Lipinski definition) is 5. The van der Waals surface area contributed by atoms with Gasteiger partial charge in [0.1, 0.15) is 18.0 Å². The maximum absolute atomic E-state index is 14.6. The van der Waals surface area contributed by atoms with E-state index in [1.807, 2.05) is 0 Å². The number of amides is 1. The molecule has 7 nitrogen and oxygen atoms in total. The van der Waals surface area contributed by atoms with Crippen molar-refractivity contribution in [1.29, 1.82) is 0 Å². The molecule has 28 heavy (non-hydrogen) atoms. The SMILES string of the molecule is O=C1CN(c2c(O)cc(CCN3CCC4(CCCCC4)C3)cc2F)S(=O)(=O)N1. The summed E-state index contributed by atoms with van der Waals surface area (Å²) in [6.07, 6.45) is 8.34. The number of aromatic hydroxyl groups is 1. The van der Waals surface area contributed by atoms with Crippen LogP contribution in [0, 0.1) is 11.2 Å². The van der Waals surface area contributed by atoms with Crippen LogP contribution in [0.3, 0.4) is 0 Å². The van der Waals surface area contributed by atoms with E-state index in [9.17, 15) is 22.7 Å². The van der Waals surface area contributed by atoms with Gasteiger partial charge in [0.2, 0.25) is 0 Å². The Morgan fingerprint density at radius 2 is 1.93 bits per heavy atom. The molecule has 2 heterocycles. The number of carbonyl (C=O) groups excluding carboxylic acids is 1. The third-order valence-corrected chi connectivity index (χ3v) is 7.70. The second-order valence-electron chi connectivity index (χ2n) is 8.32. The molecule has 1 aromatic rings. The van der Waals surface area contributed by atoms with Crippen molar-refractivity contribution in [2.24, 2.45) is 5.41 Å². The minimum Gasteiger partial charge on any atom is -0.506 e. The molecule has 0 radical (unpaired) electrons. The Hall–Kier alpha value is -1.87. The van der Waals surface area contributed by atoms with Crippen molar-refractivity contribution in [1.82, 2.24) is 9.62 Å². The Balaban J connectivity index is 1.43. The molecule has 2 aliphatic heterocycles. The zero-order chi connectivity index (χ0) is 19.9. The summed E-state index contributed by atoms with van der Waals surface area (Å²) in [6, 6.07) is 2.64. The van der Waals surface area contributed by atoms with Crippen molar-refractivity contribution < 1.29 is 22.7 Å². The van der Waals surface area contributed by atoms with Gasteiger partial charge in [-0.3, -0.25) is 4.79 Å². The number of benzene rings is 1. The van der Waals surface area contributed by atoms with E-state index in [1.165, 1.54) is 50.7 Å². The van der Waals surface area contributed by atoms with Gasteiger partial charge in [-0.05, 0) is 55.3 Å². The third kappa shape index (κ3) is 3.69. The zero-order valence-corrected chi connectivity index (χ0v) is 16.6. The van der Waals surface area contributed by atoms with Gasteiger partial charge in [0, 0.05) is 13.1 Å². The molecule has 0 bridgehead atoms. The largest absolute Gasteiger partial charge is 0.506 e. The van der Waals surface area contributed by atoms with Gasteiger partial charge in [0.25, 0.3) is 5.91 Å². The van der Waals surface area contributed by atoms with E-state index in [1.54, 1.807) is 4.72 Å². The van der Waals surface area contributed by atoms with Crippen LogP contribution < -0.4 is 9.03 Å². The molecule has 0 atom stereocenters. The van der Waals surface area contributed by atoms with Crippen LogP contribution >= 0.6 is 0 Å². The zero-order valence-electron chi connectivity index (χ0n) is 15.8. The molecule has 1 amide bonds. The predicted molar refractivity (Wildman–Crippen MR) is 103 cm³/mol. The predicted octanol–water partition coefficient (Wildman–Crippen LogP) is 1.91.